The van der Waals surface area contributed by atoms with E-state index in [9.17, 15) is 5.11 Å². The van der Waals surface area contributed by atoms with Gasteiger partial charge in [-0.05, 0) is 39.3 Å². The van der Waals surface area contributed by atoms with E-state index in [4.69, 9.17) is 19.3 Å². The molecule has 0 unspecified atom stereocenters. The van der Waals surface area contributed by atoms with Gasteiger partial charge >= 0.3 is 0 Å². The van der Waals surface area contributed by atoms with Gasteiger partial charge in [0.2, 0.25) is 16.6 Å². The molecular formula is C29H56N2O4Si2. The van der Waals surface area contributed by atoms with E-state index in [2.05, 4.69) is 88.1 Å². The minimum absolute atomic E-state index is 0.121. The Morgan fingerprint density at radius 3 is 1.73 bits per heavy atom. The molecule has 1 aliphatic rings. The van der Waals surface area contributed by atoms with E-state index in [1.807, 2.05) is 6.07 Å². The second-order valence-corrected chi connectivity index (χ2v) is 23.8. The zero-order valence-corrected chi connectivity index (χ0v) is 27.6. The highest BCUT2D eigenvalue weighted by molar-refractivity contribution is 6.78. The van der Waals surface area contributed by atoms with E-state index in [1.165, 1.54) is 0 Å². The highest BCUT2D eigenvalue weighted by atomic mass is 28.4. The number of hydrogen-bond donors (Lipinski definition) is 2. The molecule has 0 aromatic carbocycles. The number of aromatic nitrogens is 1. The van der Waals surface area contributed by atoms with Crippen LogP contribution in [0.25, 0.3) is 0 Å². The second kappa shape index (κ2) is 13.1. The van der Waals surface area contributed by atoms with E-state index in [0.29, 0.717) is 45.4 Å². The number of nitrogen functional groups attached to an aromatic ring is 1. The highest BCUT2D eigenvalue weighted by Gasteiger charge is 2.54. The molecule has 0 amide bonds. The first-order valence-corrected chi connectivity index (χ1v) is 18.8. The van der Waals surface area contributed by atoms with Gasteiger partial charge in [0.25, 0.3) is 0 Å². The number of ether oxygens (including phenoxy) is 1. The molecule has 1 fully saturated rings. The molecule has 0 bridgehead atoms. The van der Waals surface area contributed by atoms with Crippen molar-refractivity contribution in [2.24, 2.45) is 0 Å². The quantitative estimate of drug-likeness (QED) is 0.260. The fourth-order valence-corrected chi connectivity index (χ4v) is 18.7. The maximum atomic E-state index is 10.7. The topological polar surface area (TPSA) is 86.8 Å². The Morgan fingerprint density at radius 1 is 0.865 bits per heavy atom. The average molecular weight is 553 g/mol. The second-order valence-electron chi connectivity index (χ2n) is 13.0. The molecule has 8 heteroatoms. The lowest BCUT2D eigenvalue weighted by Crippen LogP contribution is -2.62. The lowest BCUT2D eigenvalue weighted by Gasteiger charge is -2.53. The molecule has 0 spiro atoms. The van der Waals surface area contributed by atoms with Crippen molar-refractivity contribution >= 4 is 22.3 Å². The van der Waals surface area contributed by atoms with Crippen LogP contribution in [0.3, 0.4) is 0 Å². The normalized spacial score (nSPS) is 23.9. The Hall–Kier alpha value is -0.776. The third-order valence-electron chi connectivity index (χ3n) is 9.04. The summed E-state index contributed by atoms with van der Waals surface area (Å²) in [5.74, 6) is 0. The molecule has 37 heavy (non-hydrogen) atoms. The zero-order chi connectivity index (χ0) is 28.3. The largest absolute Gasteiger partial charge is 0.410 e. The van der Waals surface area contributed by atoms with Gasteiger partial charge in [-0.25, -0.2) is 0 Å². The number of nitrogens with zero attached hydrogens (tertiary/aromatic N) is 1. The number of aliphatic hydroxyl groups excluding tert-OH is 1. The molecule has 214 valence electrons. The predicted molar refractivity (Wildman–Crippen MR) is 160 cm³/mol. The lowest BCUT2D eigenvalue weighted by atomic mass is 9.94. The van der Waals surface area contributed by atoms with E-state index >= 15 is 0 Å². The van der Waals surface area contributed by atoms with Crippen LogP contribution in [-0.4, -0.2) is 51.6 Å². The maximum absolute atomic E-state index is 10.7. The first kappa shape index (κ1) is 32.4. The highest BCUT2D eigenvalue weighted by Crippen LogP contribution is 2.49. The van der Waals surface area contributed by atoms with Crippen LogP contribution in [0.15, 0.2) is 18.5 Å². The Labute approximate surface area is 229 Å². The van der Waals surface area contributed by atoms with Crippen molar-refractivity contribution < 1.29 is 18.7 Å². The van der Waals surface area contributed by atoms with E-state index in [0.717, 1.165) is 5.56 Å². The smallest absolute Gasteiger partial charge is 0.201 e. The van der Waals surface area contributed by atoms with Gasteiger partial charge in [-0.15, -0.1) is 0 Å². The van der Waals surface area contributed by atoms with Gasteiger partial charge in [0.05, 0.1) is 36.8 Å². The van der Waals surface area contributed by atoms with Gasteiger partial charge in [-0.3, -0.25) is 4.98 Å². The van der Waals surface area contributed by atoms with Crippen LogP contribution in [0, 0.1) is 0 Å². The fraction of sp³-hybridized carbons (Fsp3) is 0.828. The first-order chi connectivity index (χ1) is 17.2. The summed E-state index contributed by atoms with van der Waals surface area (Å²) in [6.45, 7) is 27.6. The minimum atomic E-state index is -2.27. The molecule has 1 aliphatic heterocycles. The monoisotopic (exact) mass is 552 g/mol. The van der Waals surface area contributed by atoms with Gasteiger partial charge in [0, 0.05) is 18.2 Å². The Balaban J connectivity index is 2.67. The van der Waals surface area contributed by atoms with Crippen molar-refractivity contribution in [1.29, 1.82) is 0 Å². The first-order valence-electron chi connectivity index (χ1n) is 14.5. The number of nitrogens with two attached hydrogens (primary N) is 1. The van der Waals surface area contributed by atoms with Crippen molar-refractivity contribution in [3.8, 4) is 0 Å². The third-order valence-corrected chi connectivity index (χ3v) is 21.3. The molecule has 4 atom stereocenters. The molecule has 6 nitrogen and oxygen atoms in total. The van der Waals surface area contributed by atoms with Crippen LogP contribution in [0.4, 0.5) is 5.69 Å². The van der Waals surface area contributed by atoms with Crippen molar-refractivity contribution in [2.75, 3.05) is 12.3 Å². The molecule has 1 saturated heterocycles. The average Bonchev–Trinajstić information content (AvgIpc) is 2.79. The van der Waals surface area contributed by atoms with Crippen LogP contribution in [-0.2, 0) is 13.6 Å². The van der Waals surface area contributed by atoms with Crippen LogP contribution < -0.4 is 5.73 Å². The summed E-state index contributed by atoms with van der Waals surface area (Å²) >= 11 is 0. The Kier molecular flexibility index (Phi) is 11.4. The van der Waals surface area contributed by atoms with E-state index in [1.54, 1.807) is 12.4 Å². The van der Waals surface area contributed by atoms with Crippen molar-refractivity contribution in [1.82, 2.24) is 4.98 Å². The number of hydrogen-bond acceptors (Lipinski definition) is 6. The van der Waals surface area contributed by atoms with Gasteiger partial charge in [-0.1, -0.05) is 83.1 Å². The van der Waals surface area contributed by atoms with Gasteiger partial charge in [0.15, 0.2) is 0 Å². The Morgan fingerprint density at radius 2 is 1.32 bits per heavy atom. The SMILES string of the molecule is CC(C)[Si](O[C@@H]1[C@@H](CO)O[C@@H](c2ccncc2N)C[C@H]1O[Si](C(C)C)(C(C)C)C(C)C)(C(C)C)C(C)C. The number of anilines is 1. The molecule has 0 saturated carbocycles. The number of rotatable bonds is 12. The molecule has 0 radical (unpaired) electrons. The molecule has 1 aromatic heterocycles. The zero-order valence-electron chi connectivity index (χ0n) is 25.6. The van der Waals surface area contributed by atoms with Gasteiger partial charge in [-0.2, -0.15) is 0 Å². The van der Waals surface area contributed by atoms with Crippen LogP contribution in [0.1, 0.15) is 101 Å². The van der Waals surface area contributed by atoms with E-state index < -0.39 is 22.7 Å². The number of aliphatic hydroxyl groups is 1. The Bertz CT molecular complexity index is 803. The molecule has 2 rings (SSSR count). The summed E-state index contributed by atoms with van der Waals surface area (Å²) in [7, 11) is -4.52. The number of pyridine rings is 1. The molecule has 2 heterocycles. The van der Waals surface area contributed by atoms with Crippen molar-refractivity contribution in [3.63, 3.8) is 0 Å². The summed E-state index contributed by atoms with van der Waals surface area (Å²) in [5.41, 5.74) is 10.4. The summed E-state index contributed by atoms with van der Waals surface area (Å²) < 4.78 is 21.5. The summed E-state index contributed by atoms with van der Waals surface area (Å²) in [4.78, 5) is 4.18. The van der Waals surface area contributed by atoms with Crippen LogP contribution >= 0.6 is 0 Å². The minimum Gasteiger partial charge on any atom is -0.410 e. The van der Waals surface area contributed by atoms with Crippen molar-refractivity contribution in [3.05, 3.63) is 24.0 Å². The predicted octanol–water partition coefficient (Wildman–Crippen LogP) is 7.61. The van der Waals surface area contributed by atoms with E-state index in [-0.39, 0.29) is 24.9 Å². The standard InChI is InChI=1S/C29H56N2O4Si2/c1-18(2)36(19(3)4,20(5)6)34-27-15-26(24-13-14-31-16-25(24)30)33-28(17-32)29(27)35-37(21(7)8,22(9)10)23(11)12/h13-14,16,18-23,26-29,32H,15,17,30H2,1-12H3/t26-,27-,28-,29+/m1/s1. The molecular weight excluding hydrogens is 497 g/mol. The van der Waals surface area contributed by atoms with Gasteiger partial charge < -0.3 is 24.4 Å². The van der Waals surface area contributed by atoms with Crippen molar-refractivity contribution in [2.45, 2.75) is 147 Å². The van der Waals surface area contributed by atoms with Crippen LogP contribution in [0.5, 0.6) is 0 Å². The summed E-state index contributed by atoms with van der Waals surface area (Å²) in [6.07, 6.45) is 2.79. The third kappa shape index (κ3) is 6.35. The summed E-state index contributed by atoms with van der Waals surface area (Å²) in [5, 5.41) is 10.7. The molecule has 1 aromatic rings. The van der Waals surface area contributed by atoms with Crippen LogP contribution in [0.2, 0.25) is 33.2 Å². The maximum Gasteiger partial charge on any atom is 0.201 e. The molecule has 0 aliphatic carbocycles. The fourth-order valence-electron chi connectivity index (χ4n) is 7.57. The van der Waals surface area contributed by atoms with Gasteiger partial charge in [0.1, 0.15) is 6.10 Å². The lowest BCUT2D eigenvalue weighted by molar-refractivity contribution is -0.173. The summed E-state index contributed by atoms with van der Waals surface area (Å²) in [6, 6.07) is 1.93. The molecule has 3 N–H and O–H groups in total.